The quantitative estimate of drug-likeness (QED) is 0.573. The molecule has 0 saturated carbocycles. The number of hydrogen-bond donors (Lipinski definition) is 1. The van der Waals surface area contributed by atoms with E-state index >= 15 is 0 Å². The monoisotopic (exact) mass is 381 g/mol. The number of aromatic nitrogens is 4. The topological polar surface area (TPSA) is 91.2 Å². The van der Waals surface area contributed by atoms with E-state index in [1.165, 1.54) is 4.68 Å². The predicted octanol–water partition coefficient (Wildman–Crippen LogP) is 2.99. The minimum atomic E-state index is -0.431. The highest BCUT2D eigenvalue weighted by Gasteiger charge is 2.15. The van der Waals surface area contributed by atoms with Crippen LogP contribution in [0.3, 0.4) is 0 Å². The lowest BCUT2D eigenvalue weighted by molar-refractivity contribution is -0.145. The number of hydrogen-bond acceptors (Lipinski definition) is 6. The van der Waals surface area contributed by atoms with E-state index in [9.17, 15) is 4.79 Å². The van der Waals surface area contributed by atoms with Crippen molar-refractivity contribution in [2.24, 2.45) is 0 Å². The Morgan fingerprint density at radius 3 is 2.46 bits per heavy atom. The van der Waals surface area contributed by atoms with E-state index in [-0.39, 0.29) is 11.6 Å². The van der Waals surface area contributed by atoms with E-state index in [4.69, 9.17) is 9.47 Å². The Hall–Kier alpha value is -3.10. The predicted molar refractivity (Wildman–Crippen MR) is 105 cm³/mol. The van der Waals surface area contributed by atoms with E-state index in [0.29, 0.717) is 25.6 Å². The van der Waals surface area contributed by atoms with Gasteiger partial charge in [-0.3, -0.25) is 4.79 Å². The number of carbonyl (C=O) groups excluding carboxylic acids is 1. The van der Waals surface area contributed by atoms with Crippen LogP contribution in [0.5, 0.6) is 0 Å². The van der Waals surface area contributed by atoms with Gasteiger partial charge < -0.3 is 14.8 Å². The molecule has 0 aliphatic heterocycles. The first-order chi connectivity index (χ1) is 13.7. The Kier molecular flexibility index (Phi) is 6.83. The molecule has 0 aliphatic carbocycles. The summed E-state index contributed by atoms with van der Waals surface area (Å²) in [5, 5.41) is 10.6. The Bertz CT molecular complexity index is 874. The number of anilines is 1. The number of rotatable bonds is 9. The molecule has 0 radical (unpaired) electrons. The molecule has 3 aromatic rings. The molecule has 2 heterocycles. The molecule has 8 nitrogen and oxygen atoms in total. The van der Waals surface area contributed by atoms with Crippen LogP contribution in [0.15, 0.2) is 54.9 Å². The van der Waals surface area contributed by atoms with Gasteiger partial charge in [-0.1, -0.05) is 35.5 Å². The lowest BCUT2D eigenvalue weighted by atomic mass is 10.1. The second-order valence-corrected chi connectivity index (χ2v) is 5.92. The lowest BCUT2D eigenvalue weighted by Gasteiger charge is -2.16. The largest absolute Gasteiger partial charge is 0.351 e. The summed E-state index contributed by atoms with van der Waals surface area (Å²) in [5.41, 5.74) is 2.23. The molecule has 0 fully saturated rings. The summed E-state index contributed by atoms with van der Waals surface area (Å²) < 4.78 is 12.5. The minimum absolute atomic E-state index is 0.195. The van der Waals surface area contributed by atoms with Crippen LogP contribution in [0.2, 0.25) is 0 Å². The SMILES string of the molecule is CCOC(Cn1cc(C(=O)Nc2ccc(-c3ccccc3)cn2)nn1)OCC. The van der Waals surface area contributed by atoms with Crippen molar-refractivity contribution in [1.82, 2.24) is 20.0 Å². The number of carbonyl (C=O) groups is 1. The summed E-state index contributed by atoms with van der Waals surface area (Å²) in [5.74, 6) is 0.0660. The molecular formula is C20H23N5O3. The van der Waals surface area contributed by atoms with E-state index in [1.807, 2.05) is 50.2 Å². The molecule has 2 aromatic heterocycles. The maximum absolute atomic E-state index is 12.4. The summed E-state index contributed by atoms with van der Waals surface area (Å²) in [7, 11) is 0. The Morgan fingerprint density at radius 1 is 1.07 bits per heavy atom. The fraction of sp³-hybridized carbons (Fsp3) is 0.300. The van der Waals surface area contributed by atoms with Crippen LogP contribution in [-0.4, -0.2) is 45.4 Å². The van der Waals surface area contributed by atoms with Crippen LogP contribution in [0.4, 0.5) is 5.82 Å². The van der Waals surface area contributed by atoms with Crippen LogP contribution in [0.1, 0.15) is 24.3 Å². The van der Waals surface area contributed by atoms with Crippen LogP contribution in [0.25, 0.3) is 11.1 Å². The van der Waals surface area contributed by atoms with Crippen LogP contribution in [-0.2, 0) is 16.0 Å². The van der Waals surface area contributed by atoms with Gasteiger partial charge in [0, 0.05) is 25.0 Å². The molecule has 0 aliphatic rings. The van der Waals surface area contributed by atoms with E-state index in [1.54, 1.807) is 18.5 Å². The third-order valence-corrected chi connectivity index (χ3v) is 3.92. The Labute approximate surface area is 163 Å². The molecule has 1 aromatic carbocycles. The van der Waals surface area contributed by atoms with Crippen LogP contribution >= 0.6 is 0 Å². The second-order valence-electron chi connectivity index (χ2n) is 5.92. The number of nitrogens with zero attached hydrogens (tertiary/aromatic N) is 4. The van der Waals surface area contributed by atoms with Gasteiger partial charge in [0.1, 0.15) is 5.82 Å². The zero-order valence-corrected chi connectivity index (χ0v) is 15.9. The average Bonchev–Trinajstić information content (AvgIpc) is 3.18. The van der Waals surface area contributed by atoms with Crippen molar-refractivity contribution in [2.75, 3.05) is 18.5 Å². The van der Waals surface area contributed by atoms with Gasteiger partial charge in [-0.2, -0.15) is 0 Å². The van der Waals surface area contributed by atoms with Crippen molar-refractivity contribution in [2.45, 2.75) is 26.7 Å². The third kappa shape index (κ3) is 5.21. The third-order valence-electron chi connectivity index (χ3n) is 3.92. The van der Waals surface area contributed by atoms with Crippen molar-refractivity contribution in [3.8, 4) is 11.1 Å². The fourth-order valence-corrected chi connectivity index (χ4v) is 2.62. The molecule has 0 saturated heterocycles. The lowest BCUT2D eigenvalue weighted by Crippen LogP contribution is -2.24. The van der Waals surface area contributed by atoms with Gasteiger partial charge in [0.25, 0.3) is 5.91 Å². The van der Waals surface area contributed by atoms with Crippen molar-refractivity contribution < 1.29 is 14.3 Å². The van der Waals surface area contributed by atoms with Crippen LogP contribution in [0, 0.1) is 0 Å². The zero-order valence-electron chi connectivity index (χ0n) is 15.9. The molecule has 0 spiro atoms. The fourth-order valence-electron chi connectivity index (χ4n) is 2.62. The first kappa shape index (κ1) is 19.7. The number of amides is 1. The highest BCUT2D eigenvalue weighted by molar-refractivity contribution is 6.02. The van der Waals surface area contributed by atoms with Gasteiger partial charge in [-0.15, -0.1) is 5.10 Å². The van der Waals surface area contributed by atoms with Gasteiger partial charge >= 0.3 is 0 Å². The maximum Gasteiger partial charge on any atom is 0.278 e. The summed E-state index contributed by atoms with van der Waals surface area (Å²) >= 11 is 0. The van der Waals surface area contributed by atoms with Crippen molar-refractivity contribution in [3.05, 3.63) is 60.6 Å². The smallest absolute Gasteiger partial charge is 0.278 e. The first-order valence-electron chi connectivity index (χ1n) is 9.15. The molecule has 0 bridgehead atoms. The molecule has 146 valence electrons. The second kappa shape index (κ2) is 9.72. The Balaban J connectivity index is 1.61. The summed E-state index contributed by atoms with van der Waals surface area (Å²) in [6, 6.07) is 13.6. The van der Waals surface area contributed by atoms with Gasteiger partial charge in [0.2, 0.25) is 0 Å². The van der Waals surface area contributed by atoms with Crippen molar-refractivity contribution in [1.29, 1.82) is 0 Å². The molecule has 1 N–H and O–H groups in total. The molecule has 28 heavy (non-hydrogen) atoms. The van der Waals surface area contributed by atoms with Gasteiger partial charge in [0.05, 0.1) is 12.7 Å². The van der Waals surface area contributed by atoms with Crippen LogP contribution < -0.4 is 5.32 Å². The number of ether oxygens (including phenoxy) is 2. The van der Waals surface area contributed by atoms with Crippen molar-refractivity contribution >= 4 is 11.7 Å². The van der Waals surface area contributed by atoms with Gasteiger partial charge in [-0.25, -0.2) is 9.67 Å². The molecule has 8 heteroatoms. The first-order valence-corrected chi connectivity index (χ1v) is 9.15. The van der Waals surface area contributed by atoms with Crippen molar-refractivity contribution in [3.63, 3.8) is 0 Å². The van der Waals surface area contributed by atoms with E-state index in [0.717, 1.165) is 11.1 Å². The van der Waals surface area contributed by atoms with E-state index < -0.39 is 6.29 Å². The van der Waals surface area contributed by atoms with Gasteiger partial charge in [-0.05, 0) is 31.5 Å². The molecule has 0 atom stereocenters. The number of benzene rings is 1. The summed E-state index contributed by atoms with van der Waals surface area (Å²) in [6.07, 6.45) is 2.84. The average molecular weight is 381 g/mol. The number of pyridine rings is 1. The maximum atomic E-state index is 12.4. The molecule has 3 rings (SSSR count). The highest BCUT2D eigenvalue weighted by Crippen LogP contribution is 2.19. The van der Waals surface area contributed by atoms with E-state index in [2.05, 4.69) is 20.6 Å². The standard InChI is InChI=1S/C20H23N5O3/c1-3-27-19(28-4-2)14-25-13-17(23-24-25)20(26)22-18-11-10-16(12-21-18)15-8-6-5-7-9-15/h5-13,19H,3-4,14H2,1-2H3,(H,21,22,26). The normalized spacial score (nSPS) is 11.0. The Morgan fingerprint density at radius 2 is 1.82 bits per heavy atom. The molecular weight excluding hydrogens is 358 g/mol. The van der Waals surface area contributed by atoms with Gasteiger partial charge in [0.15, 0.2) is 12.0 Å². The number of nitrogens with one attached hydrogen (secondary N) is 1. The summed E-state index contributed by atoms with van der Waals surface area (Å²) in [4.78, 5) is 16.7. The highest BCUT2D eigenvalue weighted by atomic mass is 16.7. The molecule has 1 amide bonds. The molecule has 0 unspecified atom stereocenters. The minimum Gasteiger partial charge on any atom is -0.351 e. The zero-order chi connectivity index (χ0) is 19.8. The summed E-state index contributed by atoms with van der Waals surface area (Å²) in [6.45, 7) is 5.19.